The molecule has 0 aliphatic rings. The van der Waals surface area contributed by atoms with Crippen molar-refractivity contribution < 1.29 is 15.3 Å². The highest BCUT2D eigenvalue weighted by molar-refractivity contribution is 5.57. The van der Waals surface area contributed by atoms with Crippen molar-refractivity contribution in [1.29, 1.82) is 0 Å². The summed E-state index contributed by atoms with van der Waals surface area (Å²) in [6, 6.07) is 1.88. The molecule has 0 aromatic heterocycles. The lowest BCUT2D eigenvalue weighted by atomic mass is 10.2. The lowest BCUT2D eigenvalue weighted by Gasteiger charge is -1.99. The summed E-state index contributed by atoms with van der Waals surface area (Å²) >= 11 is 0. The molecule has 1 aromatic carbocycles. The van der Waals surface area contributed by atoms with Crippen LogP contribution in [-0.4, -0.2) is 15.3 Å². The molecule has 0 amide bonds. The van der Waals surface area contributed by atoms with Gasteiger partial charge in [0, 0.05) is 12.1 Å². The summed E-state index contributed by atoms with van der Waals surface area (Å²) in [5.74, 6) is -1.17. The van der Waals surface area contributed by atoms with E-state index in [9.17, 15) is 0 Å². The molecule has 53 valence electrons. The maximum Gasteiger partial charge on any atom is 0.161 e. The molecular formula is C6H6NO3. The van der Waals surface area contributed by atoms with Gasteiger partial charge in [-0.15, -0.1) is 0 Å². The molecule has 0 fully saturated rings. The van der Waals surface area contributed by atoms with E-state index in [1.165, 1.54) is 0 Å². The van der Waals surface area contributed by atoms with Gasteiger partial charge in [-0.05, 0) is 0 Å². The highest BCUT2D eigenvalue weighted by atomic mass is 16.3. The smallest absolute Gasteiger partial charge is 0.161 e. The third kappa shape index (κ3) is 0.907. The molecule has 4 N–H and O–H groups in total. The number of benzene rings is 1. The van der Waals surface area contributed by atoms with Gasteiger partial charge in [0.25, 0.3) is 0 Å². The lowest BCUT2D eigenvalue weighted by molar-refractivity contribution is 0.397. The van der Waals surface area contributed by atoms with Crippen LogP contribution in [0, 0.1) is 0 Å². The van der Waals surface area contributed by atoms with Crippen molar-refractivity contribution in [2.24, 2.45) is 0 Å². The fourth-order valence-electron chi connectivity index (χ4n) is 0.566. The number of phenols is 3. The SMILES string of the molecule is [NH]c1cc(O)c(O)cc1O. The topological polar surface area (TPSA) is 84.5 Å². The average molecular weight is 140 g/mol. The second-order valence-electron chi connectivity index (χ2n) is 1.86. The number of rotatable bonds is 0. The van der Waals surface area contributed by atoms with Gasteiger partial charge in [0.15, 0.2) is 11.5 Å². The third-order valence-corrected chi connectivity index (χ3v) is 1.09. The Labute approximate surface area is 57.2 Å². The summed E-state index contributed by atoms with van der Waals surface area (Å²) < 4.78 is 0. The van der Waals surface area contributed by atoms with Crippen molar-refractivity contribution >= 4 is 5.69 Å². The summed E-state index contributed by atoms with van der Waals surface area (Å²) in [6.07, 6.45) is 0. The molecule has 0 bridgehead atoms. The first-order chi connectivity index (χ1) is 4.61. The van der Waals surface area contributed by atoms with E-state index in [-0.39, 0.29) is 11.4 Å². The zero-order valence-electron chi connectivity index (χ0n) is 5.00. The van der Waals surface area contributed by atoms with Gasteiger partial charge in [0.2, 0.25) is 0 Å². The van der Waals surface area contributed by atoms with Crippen LogP contribution < -0.4 is 5.73 Å². The third-order valence-electron chi connectivity index (χ3n) is 1.09. The van der Waals surface area contributed by atoms with Gasteiger partial charge in [-0.25, -0.2) is 0 Å². The predicted octanol–water partition coefficient (Wildman–Crippen LogP) is 0.718. The molecule has 0 atom stereocenters. The fraction of sp³-hybridized carbons (Fsp3) is 0. The van der Waals surface area contributed by atoms with Gasteiger partial charge in [-0.1, -0.05) is 0 Å². The summed E-state index contributed by atoms with van der Waals surface area (Å²) in [5, 5.41) is 26.2. The quantitative estimate of drug-likeness (QED) is 0.366. The average Bonchev–Trinajstić information content (AvgIpc) is 1.84. The Morgan fingerprint density at radius 1 is 0.900 bits per heavy atom. The van der Waals surface area contributed by atoms with E-state index >= 15 is 0 Å². The first kappa shape index (κ1) is 6.54. The number of hydrogen-bond acceptors (Lipinski definition) is 3. The highest BCUT2D eigenvalue weighted by Crippen LogP contribution is 2.34. The first-order valence-electron chi connectivity index (χ1n) is 2.58. The van der Waals surface area contributed by atoms with E-state index in [1.807, 2.05) is 0 Å². The van der Waals surface area contributed by atoms with Crippen molar-refractivity contribution in [2.45, 2.75) is 0 Å². The Hall–Kier alpha value is -1.58. The second-order valence-corrected chi connectivity index (χ2v) is 1.86. The Kier molecular flexibility index (Phi) is 1.30. The Morgan fingerprint density at radius 3 is 1.90 bits per heavy atom. The molecule has 1 rings (SSSR count). The largest absolute Gasteiger partial charge is 0.506 e. The van der Waals surface area contributed by atoms with Crippen LogP contribution in [0.2, 0.25) is 0 Å². The van der Waals surface area contributed by atoms with Crippen molar-refractivity contribution in [2.75, 3.05) is 0 Å². The van der Waals surface area contributed by atoms with Gasteiger partial charge < -0.3 is 15.3 Å². The molecule has 0 aliphatic carbocycles. The van der Waals surface area contributed by atoms with Gasteiger partial charge in [-0.2, -0.15) is 0 Å². The molecule has 0 saturated carbocycles. The van der Waals surface area contributed by atoms with Crippen molar-refractivity contribution in [3.05, 3.63) is 12.1 Å². The number of hydrogen-bond donors (Lipinski definition) is 3. The maximum atomic E-state index is 8.77. The van der Waals surface area contributed by atoms with Gasteiger partial charge in [0.05, 0.1) is 5.69 Å². The molecule has 10 heavy (non-hydrogen) atoms. The highest BCUT2D eigenvalue weighted by Gasteiger charge is 2.03. The molecular weight excluding hydrogens is 134 g/mol. The number of nitrogens with one attached hydrogen (secondary N) is 1. The van der Waals surface area contributed by atoms with Crippen LogP contribution in [0.5, 0.6) is 17.2 Å². The molecule has 0 aliphatic heterocycles. The van der Waals surface area contributed by atoms with Gasteiger partial charge in [0.1, 0.15) is 5.75 Å². The van der Waals surface area contributed by atoms with Crippen LogP contribution in [-0.2, 0) is 0 Å². The molecule has 4 nitrogen and oxygen atoms in total. The Bertz CT molecular complexity index is 209. The maximum absolute atomic E-state index is 8.77. The van der Waals surface area contributed by atoms with Crippen molar-refractivity contribution in [3.63, 3.8) is 0 Å². The van der Waals surface area contributed by atoms with Crippen LogP contribution in [0.3, 0.4) is 0 Å². The fourth-order valence-corrected chi connectivity index (χ4v) is 0.566. The minimum atomic E-state index is -0.423. The normalized spacial score (nSPS) is 9.60. The Morgan fingerprint density at radius 2 is 1.40 bits per heavy atom. The number of aromatic hydroxyl groups is 3. The number of phenolic OH excluding ortho intramolecular Hbond substituents is 3. The predicted molar refractivity (Wildman–Crippen MR) is 34.2 cm³/mol. The molecule has 0 unspecified atom stereocenters. The van der Waals surface area contributed by atoms with Crippen LogP contribution in [0.4, 0.5) is 5.69 Å². The van der Waals surface area contributed by atoms with Crippen LogP contribution in [0.15, 0.2) is 12.1 Å². The van der Waals surface area contributed by atoms with E-state index in [4.69, 9.17) is 21.1 Å². The van der Waals surface area contributed by atoms with E-state index in [1.54, 1.807) is 0 Å². The minimum absolute atomic E-state index is 0.213. The summed E-state index contributed by atoms with van der Waals surface area (Å²) in [7, 11) is 0. The first-order valence-corrected chi connectivity index (χ1v) is 2.58. The van der Waals surface area contributed by atoms with Gasteiger partial charge in [-0.3, -0.25) is 5.73 Å². The molecule has 4 heteroatoms. The van der Waals surface area contributed by atoms with Crippen LogP contribution in [0.1, 0.15) is 0 Å². The van der Waals surface area contributed by atoms with Crippen LogP contribution in [0.25, 0.3) is 0 Å². The lowest BCUT2D eigenvalue weighted by Crippen LogP contribution is -1.73. The van der Waals surface area contributed by atoms with E-state index in [2.05, 4.69) is 0 Å². The van der Waals surface area contributed by atoms with E-state index < -0.39 is 11.5 Å². The van der Waals surface area contributed by atoms with Gasteiger partial charge >= 0.3 is 0 Å². The molecule has 0 saturated heterocycles. The standard InChI is InChI=1S/C6H6NO3/c7-3-1-5(9)6(10)2-4(3)8/h1-2,7-10H. The second kappa shape index (κ2) is 1.98. The Balaban J connectivity index is 3.28. The van der Waals surface area contributed by atoms with Crippen molar-refractivity contribution in [3.8, 4) is 17.2 Å². The monoisotopic (exact) mass is 140 g/mol. The van der Waals surface area contributed by atoms with Crippen LogP contribution >= 0.6 is 0 Å². The summed E-state index contributed by atoms with van der Waals surface area (Å²) in [4.78, 5) is 0. The minimum Gasteiger partial charge on any atom is -0.506 e. The van der Waals surface area contributed by atoms with Crippen molar-refractivity contribution in [1.82, 2.24) is 5.73 Å². The molecule has 0 spiro atoms. The molecule has 1 radical (unpaired) electrons. The van der Waals surface area contributed by atoms with E-state index in [0.29, 0.717) is 0 Å². The summed E-state index contributed by atoms with van der Waals surface area (Å²) in [5.41, 5.74) is 6.72. The zero-order chi connectivity index (χ0) is 7.72. The molecule has 0 heterocycles. The van der Waals surface area contributed by atoms with E-state index in [0.717, 1.165) is 12.1 Å². The molecule has 1 aromatic rings. The summed E-state index contributed by atoms with van der Waals surface area (Å²) in [6.45, 7) is 0. The zero-order valence-corrected chi connectivity index (χ0v) is 5.00.